The summed E-state index contributed by atoms with van der Waals surface area (Å²) in [6, 6.07) is 8.72. The molecule has 2 saturated carbocycles. The van der Waals surface area contributed by atoms with Crippen molar-refractivity contribution >= 4 is 27.7 Å². The fourth-order valence-electron chi connectivity index (χ4n) is 7.49. The zero-order chi connectivity index (χ0) is 38.0. The minimum atomic E-state index is -4.16. The summed E-state index contributed by atoms with van der Waals surface area (Å²) in [5, 5.41) is 25.5. The van der Waals surface area contributed by atoms with Crippen molar-refractivity contribution in [3.05, 3.63) is 47.4 Å². The summed E-state index contributed by atoms with van der Waals surface area (Å²) in [5.74, 6) is -1.01. The fraction of sp³-hybridized carbons (Fsp3) is 0.711. The first-order valence-corrected chi connectivity index (χ1v) is 19.9. The molecule has 3 amide bonds. The van der Waals surface area contributed by atoms with Gasteiger partial charge in [-0.2, -0.15) is 0 Å². The van der Waals surface area contributed by atoms with E-state index in [9.17, 15) is 33.0 Å². The van der Waals surface area contributed by atoms with Crippen molar-refractivity contribution < 1.29 is 37.8 Å². The Hall–Kier alpha value is -3.16. The number of nitrogens with one attached hydrogen (secondary N) is 2. The van der Waals surface area contributed by atoms with Gasteiger partial charge in [-0.05, 0) is 71.3 Å². The molecule has 2 fully saturated rings. The van der Waals surface area contributed by atoms with E-state index in [-0.39, 0.29) is 43.8 Å². The highest BCUT2D eigenvalue weighted by Gasteiger charge is 2.64. The maximum atomic E-state index is 14.9. The Balaban J connectivity index is 1.90. The molecule has 3 atom stereocenters. The van der Waals surface area contributed by atoms with Crippen molar-refractivity contribution in [2.45, 2.75) is 140 Å². The third-order valence-electron chi connectivity index (χ3n) is 10.5. The second kappa shape index (κ2) is 15.4. The van der Waals surface area contributed by atoms with Gasteiger partial charge in [0.1, 0.15) is 5.82 Å². The molecule has 286 valence electrons. The first kappa shape index (κ1) is 40.6. The number of nitrogens with zero attached hydrogens (tertiary/aromatic N) is 2. The van der Waals surface area contributed by atoms with Crippen LogP contribution in [-0.4, -0.2) is 93.4 Å². The standard InChI is InChI=1S/C38H60N4O8S/c1-9-38(33(46)39-23-29(44)24-43)41(28-20-21-28)31(30(35(2,3)4)42(38)34(47)50-25-27-18-14-11-15-19-27)40-32(45)37(8,51(48,49)36(5,6)7)22-26-16-12-10-13-17-26/h10,12-13,16-17,27-29,43-44H,9,11,14-15,18-25H2,1-8H3,(H,39,46)(H,40,45)/t29?,37?,38-/m1/s1. The van der Waals surface area contributed by atoms with Gasteiger partial charge in [0.15, 0.2) is 14.6 Å². The average Bonchev–Trinajstić information content (AvgIpc) is 3.86. The number of allylic oxidation sites excluding steroid dienone is 1. The van der Waals surface area contributed by atoms with Crippen LogP contribution in [0.5, 0.6) is 0 Å². The van der Waals surface area contributed by atoms with Crippen molar-refractivity contribution in [2.24, 2.45) is 11.3 Å². The highest BCUT2D eigenvalue weighted by Crippen LogP contribution is 2.51. The summed E-state index contributed by atoms with van der Waals surface area (Å²) in [5.41, 5.74) is -1.60. The average molecular weight is 733 g/mol. The lowest BCUT2D eigenvalue weighted by Crippen LogP contribution is -2.67. The Morgan fingerprint density at radius 2 is 1.59 bits per heavy atom. The van der Waals surface area contributed by atoms with E-state index in [2.05, 4.69) is 10.6 Å². The quantitative estimate of drug-likeness (QED) is 0.227. The second-order valence-electron chi connectivity index (χ2n) is 16.6. The minimum Gasteiger partial charge on any atom is -0.449 e. The largest absolute Gasteiger partial charge is 0.449 e. The van der Waals surface area contributed by atoms with E-state index in [0.717, 1.165) is 32.1 Å². The van der Waals surface area contributed by atoms with E-state index >= 15 is 0 Å². The van der Waals surface area contributed by atoms with Crippen LogP contribution in [0, 0.1) is 11.3 Å². The molecule has 2 unspecified atom stereocenters. The van der Waals surface area contributed by atoms with Crippen LogP contribution in [0.1, 0.15) is 112 Å². The summed E-state index contributed by atoms with van der Waals surface area (Å²) in [4.78, 5) is 47.1. The van der Waals surface area contributed by atoms with Crippen LogP contribution in [-0.2, 0) is 30.6 Å². The van der Waals surface area contributed by atoms with Crippen LogP contribution in [0.3, 0.4) is 0 Å². The van der Waals surface area contributed by atoms with Crippen molar-refractivity contribution in [1.29, 1.82) is 0 Å². The van der Waals surface area contributed by atoms with Gasteiger partial charge in [-0.25, -0.2) is 18.1 Å². The molecule has 0 aromatic heterocycles. The number of benzene rings is 1. The van der Waals surface area contributed by atoms with Gasteiger partial charge in [-0.1, -0.05) is 77.3 Å². The van der Waals surface area contributed by atoms with Gasteiger partial charge in [0.05, 0.1) is 29.8 Å². The van der Waals surface area contributed by atoms with E-state index in [1.54, 1.807) is 56.9 Å². The lowest BCUT2D eigenvalue weighted by molar-refractivity contribution is -0.142. The van der Waals surface area contributed by atoms with Crippen LogP contribution < -0.4 is 10.6 Å². The van der Waals surface area contributed by atoms with E-state index in [1.165, 1.54) is 11.8 Å². The van der Waals surface area contributed by atoms with Gasteiger partial charge in [0.25, 0.3) is 5.91 Å². The first-order valence-electron chi connectivity index (χ1n) is 18.4. The molecule has 13 heteroatoms. The number of hydrogen-bond acceptors (Lipinski definition) is 9. The monoisotopic (exact) mass is 732 g/mol. The third-order valence-corrected chi connectivity index (χ3v) is 13.6. The summed E-state index contributed by atoms with van der Waals surface area (Å²) in [7, 11) is -4.16. The number of hydrogen-bond donors (Lipinski definition) is 4. The summed E-state index contributed by atoms with van der Waals surface area (Å²) in [6.07, 6.45) is 4.44. The molecule has 0 bridgehead atoms. The molecule has 0 radical (unpaired) electrons. The Morgan fingerprint density at radius 1 is 0.980 bits per heavy atom. The van der Waals surface area contributed by atoms with Gasteiger partial charge < -0.3 is 30.5 Å². The van der Waals surface area contributed by atoms with E-state index < -0.39 is 61.0 Å². The van der Waals surface area contributed by atoms with Crippen LogP contribution >= 0.6 is 0 Å². The summed E-state index contributed by atoms with van der Waals surface area (Å²) >= 11 is 0. The van der Waals surface area contributed by atoms with E-state index in [0.29, 0.717) is 24.1 Å². The van der Waals surface area contributed by atoms with Crippen LogP contribution in [0.25, 0.3) is 0 Å². The molecule has 2 aliphatic carbocycles. The molecule has 1 heterocycles. The Morgan fingerprint density at radius 3 is 2.10 bits per heavy atom. The zero-order valence-electron chi connectivity index (χ0n) is 31.8. The highest BCUT2D eigenvalue weighted by molar-refractivity contribution is 7.94. The molecule has 51 heavy (non-hydrogen) atoms. The Bertz CT molecular complexity index is 1560. The number of ether oxygens (including phenoxy) is 1. The molecule has 1 aromatic carbocycles. The number of carbonyl (C=O) groups is 3. The van der Waals surface area contributed by atoms with Crippen LogP contribution in [0.15, 0.2) is 41.8 Å². The van der Waals surface area contributed by atoms with Gasteiger partial charge in [0, 0.05) is 24.4 Å². The maximum Gasteiger partial charge on any atom is 0.416 e. The smallest absolute Gasteiger partial charge is 0.416 e. The van der Waals surface area contributed by atoms with Crippen molar-refractivity contribution in [3.8, 4) is 0 Å². The molecule has 1 aromatic rings. The number of aliphatic hydroxyl groups excluding tert-OH is 2. The molecule has 0 saturated heterocycles. The van der Waals surface area contributed by atoms with Crippen LogP contribution in [0.4, 0.5) is 4.79 Å². The molecular weight excluding hydrogens is 673 g/mol. The predicted molar refractivity (Wildman–Crippen MR) is 196 cm³/mol. The first-order chi connectivity index (χ1) is 23.8. The minimum absolute atomic E-state index is 0.0730. The van der Waals surface area contributed by atoms with Gasteiger partial charge in [-0.3, -0.25) is 9.59 Å². The number of aliphatic hydroxyl groups is 2. The number of sulfone groups is 1. The maximum absolute atomic E-state index is 14.9. The molecule has 3 aliphatic rings. The van der Waals surface area contributed by atoms with Gasteiger partial charge in [0.2, 0.25) is 11.6 Å². The number of amides is 3. The third kappa shape index (κ3) is 8.10. The second-order valence-corrected chi connectivity index (χ2v) is 19.8. The fourth-order valence-corrected chi connectivity index (χ4v) is 9.49. The summed E-state index contributed by atoms with van der Waals surface area (Å²) in [6.45, 7) is 12.9. The van der Waals surface area contributed by atoms with E-state index in [1.807, 2.05) is 26.8 Å². The SMILES string of the molecule is CC[C@]1(C(=O)NCC(O)CO)N(C(=O)OCC2CCCCC2)C(C(C)(C)C)=C(NC(=O)C(C)(Cc2ccccc2)S(=O)(=O)C(C)(C)C)N1C1CC1. The normalized spacial score (nSPS) is 22.4. The molecule has 1 aliphatic heterocycles. The topological polar surface area (TPSA) is 166 Å². The van der Waals surface area contributed by atoms with Crippen molar-refractivity contribution in [2.75, 3.05) is 19.8 Å². The molecule has 4 N–H and O–H groups in total. The Kier molecular flexibility index (Phi) is 12.3. The van der Waals surface area contributed by atoms with E-state index in [4.69, 9.17) is 4.74 Å². The van der Waals surface area contributed by atoms with Crippen LogP contribution in [0.2, 0.25) is 0 Å². The summed E-state index contributed by atoms with van der Waals surface area (Å²) < 4.78 is 31.6. The highest BCUT2D eigenvalue weighted by atomic mass is 32.2. The number of carbonyl (C=O) groups excluding carboxylic acids is 3. The lowest BCUT2D eigenvalue weighted by Gasteiger charge is -2.45. The molecular formula is C38H60N4O8S. The molecule has 0 spiro atoms. The Labute approximate surface area is 304 Å². The zero-order valence-corrected chi connectivity index (χ0v) is 32.6. The lowest BCUT2D eigenvalue weighted by atomic mass is 9.89. The predicted octanol–water partition coefficient (Wildman–Crippen LogP) is 4.61. The number of rotatable bonds is 13. The van der Waals surface area contributed by atoms with Gasteiger partial charge in [-0.15, -0.1) is 0 Å². The molecule has 4 rings (SSSR count). The van der Waals surface area contributed by atoms with Crippen molar-refractivity contribution in [1.82, 2.24) is 20.4 Å². The molecule has 12 nitrogen and oxygen atoms in total. The van der Waals surface area contributed by atoms with Gasteiger partial charge >= 0.3 is 6.09 Å². The van der Waals surface area contributed by atoms with Crippen molar-refractivity contribution in [3.63, 3.8) is 0 Å².